The molecule has 1 aromatic carbocycles. The molecule has 1 aliphatic heterocycles. The van der Waals surface area contributed by atoms with Crippen LogP contribution in [0, 0.1) is 0 Å². The summed E-state index contributed by atoms with van der Waals surface area (Å²) in [5.74, 6) is -1.32. The number of amides is 1. The molecule has 1 heterocycles. The van der Waals surface area contributed by atoms with E-state index in [1.54, 1.807) is 38.1 Å². The number of carbonyl (C=O) groups excluding carboxylic acids is 1. The molecule has 1 atom stereocenters. The molecule has 0 spiro atoms. The van der Waals surface area contributed by atoms with Crippen molar-refractivity contribution in [3.8, 4) is 0 Å². The normalized spacial score (nSPS) is 17.9. The van der Waals surface area contributed by atoms with E-state index in [4.69, 9.17) is 4.74 Å². The van der Waals surface area contributed by atoms with Crippen LogP contribution < -0.4 is 0 Å². The standard InChI is InChI=1S/C18H26N2O6S/c1-3-19(4-2)27(24,25)15-8-5-14(6-9-15)7-10-17(21)20-11-12-26-13-16(20)18(22)23/h5-6,8-9,16H,3-4,7,10-13H2,1-2H3,(H,22,23). The topological polar surface area (TPSA) is 104 Å². The Hall–Kier alpha value is -1.97. The fourth-order valence-electron chi connectivity index (χ4n) is 3.04. The van der Waals surface area contributed by atoms with Gasteiger partial charge in [-0.05, 0) is 24.1 Å². The van der Waals surface area contributed by atoms with Gasteiger partial charge in [0, 0.05) is 26.1 Å². The molecule has 1 amide bonds. The summed E-state index contributed by atoms with van der Waals surface area (Å²) in [6.45, 7) is 4.97. The maximum atomic E-state index is 12.5. The summed E-state index contributed by atoms with van der Waals surface area (Å²) in [6.07, 6.45) is 0.569. The van der Waals surface area contributed by atoms with Crippen LogP contribution in [0.25, 0.3) is 0 Å². The Morgan fingerprint density at radius 2 is 1.85 bits per heavy atom. The fraction of sp³-hybridized carbons (Fsp3) is 0.556. The number of aliphatic carboxylic acids is 1. The van der Waals surface area contributed by atoms with Crippen molar-refractivity contribution in [2.45, 2.75) is 37.6 Å². The summed E-state index contributed by atoms with van der Waals surface area (Å²) in [5, 5.41) is 9.20. The molecular weight excluding hydrogens is 372 g/mol. The van der Waals surface area contributed by atoms with Crippen molar-refractivity contribution in [2.75, 3.05) is 32.8 Å². The molecule has 0 bridgehead atoms. The maximum absolute atomic E-state index is 12.5. The second kappa shape index (κ2) is 9.29. The number of benzene rings is 1. The summed E-state index contributed by atoms with van der Waals surface area (Å²) < 4.78 is 31.5. The van der Waals surface area contributed by atoms with Gasteiger partial charge < -0.3 is 14.7 Å². The third-order valence-corrected chi connectivity index (χ3v) is 6.69. The van der Waals surface area contributed by atoms with Crippen LogP contribution >= 0.6 is 0 Å². The summed E-state index contributed by atoms with van der Waals surface area (Å²) in [6, 6.07) is 5.52. The minimum atomic E-state index is -3.50. The number of hydrogen-bond donors (Lipinski definition) is 1. The molecule has 27 heavy (non-hydrogen) atoms. The average Bonchev–Trinajstić information content (AvgIpc) is 2.67. The van der Waals surface area contributed by atoms with Crippen LogP contribution in [0.5, 0.6) is 0 Å². The van der Waals surface area contributed by atoms with Gasteiger partial charge in [0.15, 0.2) is 6.04 Å². The first-order chi connectivity index (χ1) is 12.8. The molecule has 1 saturated heterocycles. The van der Waals surface area contributed by atoms with Gasteiger partial charge in [0.1, 0.15) is 0 Å². The number of nitrogens with zero attached hydrogens (tertiary/aromatic N) is 2. The highest BCUT2D eigenvalue weighted by atomic mass is 32.2. The van der Waals surface area contributed by atoms with Crippen LogP contribution in [0.2, 0.25) is 0 Å². The zero-order valence-electron chi connectivity index (χ0n) is 15.6. The summed E-state index contributed by atoms with van der Waals surface area (Å²) in [7, 11) is -3.50. The van der Waals surface area contributed by atoms with Gasteiger partial charge >= 0.3 is 5.97 Å². The molecule has 150 valence electrons. The molecular formula is C18H26N2O6S. The monoisotopic (exact) mass is 398 g/mol. The van der Waals surface area contributed by atoms with Crippen molar-refractivity contribution in [1.29, 1.82) is 0 Å². The first-order valence-electron chi connectivity index (χ1n) is 9.00. The summed E-state index contributed by atoms with van der Waals surface area (Å²) in [4.78, 5) is 25.2. The van der Waals surface area contributed by atoms with Crippen molar-refractivity contribution in [3.63, 3.8) is 0 Å². The zero-order valence-corrected chi connectivity index (χ0v) is 16.4. The Kier molecular flexibility index (Phi) is 7.34. The summed E-state index contributed by atoms with van der Waals surface area (Å²) in [5.41, 5.74) is 0.821. The number of sulfonamides is 1. The first-order valence-corrected chi connectivity index (χ1v) is 10.4. The number of rotatable bonds is 8. The molecule has 1 fully saturated rings. The van der Waals surface area contributed by atoms with Gasteiger partial charge in [-0.15, -0.1) is 0 Å². The molecule has 0 radical (unpaired) electrons. The number of carboxylic acids is 1. The van der Waals surface area contributed by atoms with Gasteiger partial charge in [0.2, 0.25) is 15.9 Å². The van der Waals surface area contributed by atoms with Gasteiger partial charge in [0.05, 0.1) is 18.1 Å². The van der Waals surface area contributed by atoms with E-state index in [2.05, 4.69) is 0 Å². The lowest BCUT2D eigenvalue weighted by atomic mass is 10.1. The fourth-order valence-corrected chi connectivity index (χ4v) is 4.50. The lowest BCUT2D eigenvalue weighted by molar-refractivity contribution is -0.158. The minimum Gasteiger partial charge on any atom is -0.480 e. The molecule has 0 saturated carbocycles. The number of ether oxygens (including phenoxy) is 1. The molecule has 2 rings (SSSR count). The Bertz CT molecular complexity index is 759. The Morgan fingerprint density at radius 3 is 2.41 bits per heavy atom. The van der Waals surface area contributed by atoms with Crippen molar-refractivity contribution in [2.24, 2.45) is 0 Å². The number of morpholine rings is 1. The van der Waals surface area contributed by atoms with E-state index in [0.717, 1.165) is 5.56 Å². The molecule has 1 unspecified atom stereocenters. The predicted molar refractivity (Wildman–Crippen MR) is 98.8 cm³/mol. The van der Waals surface area contributed by atoms with E-state index in [-0.39, 0.29) is 30.4 Å². The first kappa shape index (κ1) is 21.3. The predicted octanol–water partition coefficient (Wildman–Crippen LogP) is 0.962. The van der Waals surface area contributed by atoms with Crippen LogP contribution in [-0.4, -0.2) is 73.5 Å². The molecule has 1 aliphatic rings. The third kappa shape index (κ3) is 5.06. The molecule has 9 heteroatoms. The van der Waals surface area contributed by atoms with Gasteiger partial charge in [-0.25, -0.2) is 13.2 Å². The van der Waals surface area contributed by atoms with Gasteiger partial charge in [-0.3, -0.25) is 4.79 Å². The van der Waals surface area contributed by atoms with Crippen LogP contribution in [0.15, 0.2) is 29.2 Å². The summed E-state index contributed by atoms with van der Waals surface area (Å²) >= 11 is 0. The SMILES string of the molecule is CCN(CC)S(=O)(=O)c1ccc(CCC(=O)N2CCOCC2C(=O)O)cc1. The molecule has 1 N–H and O–H groups in total. The minimum absolute atomic E-state index is 0.00100. The average molecular weight is 398 g/mol. The van der Waals surface area contributed by atoms with Crippen LogP contribution in [0.3, 0.4) is 0 Å². The number of aryl methyl sites for hydroxylation is 1. The Morgan fingerprint density at radius 1 is 1.22 bits per heavy atom. The number of carbonyl (C=O) groups is 2. The van der Waals surface area contributed by atoms with E-state index >= 15 is 0 Å². The van der Waals surface area contributed by atoms with Crippen molar-refractivity contribution in [3.05, 3.63) is 29.8 Å². The van der Waals surface area contributed by atoms with Gasteiger partial charge in [0.25, 0.3) is 0 Å². The lowest BCUT2D eigenvalue weighted by Gasteiger charge is -2.32. The van der Waals surface area contributed by atoms with Crippen molar-refractivity contribution >= 4 is 21.9 Å². The molecule has 8 nitrogen and oxygen atoms in total. The van der Waals surface area contributed by atoms with Crippen molar-refractivity contribution in [1.82, 2.24) is 9.21 Å². The number of hydrogen-bond acceptors (Lipinski definition) is 5. The van der Waals surface area contributed by atoms with Crippen molar-refractivity contribution < 1.29 is 27.9 Å². The zero-order chi connectivity index (χ0) is 20.0. The highest BCUT2D eigenvalue weighted by Gasteiger charge is 2.32. The molecule has 0 aromatic heterocycles. The van der Waals surface area contributed by atoms with Crippen LogP contribution in [-0.2, 0) is 30.8 Å². The van der Waals surface area contributed by atoms with E-state index in [0.29, 0.717) is 26.1 Å². The Labute approximate surface area is 159 Å². The van der Waals surface area contributed by atoms with Gasteiger partial charge in [-0.1, -0.05) is 26.0 Å². The smallest absolute Gasteiger partial charge is 0.328 e. The second-order valence-electron chi connectivity index (χ2n) is 6.25. The van der Waals surface area contributed by atoms with Crippen LogP contribution in [0.4, 0.5) is 0 Å². The molecule has 0 aliphatic carbocycles. The van der Waals surface area contributed by atoms with Gasteiger partial charge in [-0.2, -0.15) is 4.31 Å². The number of carboxylic acid groups (broad SMARTS) is 1. The van der Waals surface area contributed by atoms with E-state index in [1.807, 2.05) is 0 Å². The highest BCUT2D eigenvalue weighted by molar-refractivity contribution is 7.89. The lowest BCUT2D eigenvalue weighted by Crippen LogP contribution is -2.52. The van der Waals surface area contributed by atoms with E-state index in [1.165, 1.54) is 9.21 Å². The third-order valence-electron chi connectivity index (χ3n) is 4.63. The van der Waals surface area contributed by atoms with E-state index < -0.39 is 22.0 Å². The quantitative estimate of drug-likeness (QED) is 0.699. The van der Waals surface area contributed by atoms with Crippen LogP contribution in [0.1, 0.15) is 25.8 Å². The van der Waals surface area contributed by atoms with E-state index in [9.17, 15) is 23.1 Å². The largest absolute Gasteiger partial charge is 0.480 e. The Balaban J connectivity index is 2.00. The highest BCUT2D eigenvalue weighted by Crippen LogP contribution is 2.17. The maximum Gasteiger partial charge on any atom is 0.328 e. The molecule has 1 aromatic rings. The second-order valence-corrected chi connectivity index (χ2v) is 8.19.